The maximum atomic E-state index is 10.1. The van der Waals surface area contributed by atoms with Crippen LogP contribution in [0.3, 0.4) is 0 Å². The van der Waals surface area contributed by atoms with Gasteiger partial charge in [-0.3, -0.25) is 0 Å². The number of aliphatic imine (C=N–C) groups is 1. The molecule has 0 aliphatic heterocycles. The molecule has 0 saturated carbocycles. The van der Waals surface area contributed by atoms with Gasteiger partial charge in [0.05, 0.1) is 5.69 Å². The molecule has 0 amide bonds. The van der Waals surface area contributed by atoms with E-state index < -0.39 is 0 Å². The summed E-state index contributed by atoms with van der Waals surface area (Å²) in [6.45, 7) is 0. The van der Waals surface area contributed by atoms with E-state index in [1.807, 2.05) is 13.2 Å². The molecule has 0 radical (unpaired) electrons. The summed E-state index contributed by atoms with van der Waals surface area (Å²) in [6, 6.07) is 0. The van der Waals surface area contributed by atoms with Crippen molar-refractivity contribution in [3.63, 3.8) is 0 Å². The van der Waals surface area contributed by atoms with Crippen LogP contribution in [0.15, 0.2) is 11.2 Å². The fourth-order valence-electron chi connectivity index (χ4n) is 1.88. The van der Waals surface area contributed by atoms with Crippen LogP contribution in [0, 0.1) is 0 Å². The fraction of sp³-hybridized carbons (Fsp3) is 0.444. The molecule has 0 N–H and O–H groups in total. The van der Waals surface area contributed by atoms with E-state index in [4.69, 9.17) is 0 Å². The van der Waals surface area contributed by atoms with Crippen molar-refractivity contribution < 1.29 is 4.79 Å². The molecule has 3 heteroatoms. The van der Waals surface area contributed by atoms with Crippen molar-refractivity contribution >= 4 is 11.8 Å². The lowest BCUT2D eigenvalue weighted by molar-refractivity contribution is 0.565. The highest BCUT2D eigenvalue weighted by atomic mass is 16.1. The van der Waals surface area contributed by atoms with Crippen LogP contribution in [0.5, 0.6) is 0 Å². The standard InChI is InChI=1S/C9H10N2O/c1-11-5-8(10-6-12)7-3-2-4-9(7)11/h5H,2-4H2,1H3. The molecule has 0 bridgehead atoms. The van der Waals surface area contributed by atoms with Gasteiger partial charge >= 0.3 is 0 Å². The van der Waals surface area contributed by atoms with Crippen molar-refractivity contribution in [2.75, 3.05) is 0 Å². The van der Waals surface area contributed by atoms with Crippen LogP contribution in [0.2, 0.25) is 0 Å². The molecule has 2 rings (SSSR count). The van der Waals surface area contributed by atoms with Crippen molar-refractivity contribution in [1.82, 2.24) is 4.57 Å². The third kappa shape index (κ3) is 0.908. The Morgan fingerprint density at radius 2 is 2.42 bits per heavy atom. The van der Waals surface area contributed by atoms with Crippen LogP contribution in [-0.2, 0) is 24.7 Å². The monoisotopic (exact) mass is 162 g/mol. The van der Waals surface area contributed by atoms with Gasteiger partial charge in [-0.25, -0.2) is 4.79 Å². The lowest BCUT2D eigenvalue weighted by Gasteiger charge is -1.94. The second-order valence-corrected chi connectivity index (χ2v) is 3.11. The number of carbonyl (C=O) groups excluding carboxylic acids is 1. The second kappa shape index (κ2) is 2.61. The van der Waals surface area contributed by atoms with Gasteiger partial charge in [0.15, 0.2) is 0 Å². The molecule has 3 nitrogen and oxygen atoms in total. The van der Waals surface area contributed by atoms with Gasteiger partial charge in [-0.2, -0.15) is 4.99 Å². The zero-order chi connectivity index (χ0) is 8.55. The molecular weight excluding hydrogens is 152 g/mol. The van der Waals surface area contributed by atoms with Gasteiger partial charge in [-0.1, -0.05) is 0 Å². The maximum Gasteiger partial charge on any atom is 0.240 e. The first kappa shape index (κ1) is 7.32. The maximum absolute atomic E-state index is 10.1. The highest BCUT2D eigenvalue weighted by molar-refractivity contribution is 5.56. The topological polar surface area (TPSA) is 34.4 Å². The number of rotatable bonds is 1. The first-order valence-corrected chi connectivity index (χ1v) is 4.08. The van der Waals surface area contributed by atoms with Gasteiger partial charge in [-0.05, 0) is 24.8 Å². The number of nitrogens with zero attached hydrogens (tertiary/aromatic N) is 2. The van der Waals surface area contributed by atoms with E-state index in [9.17, 15) is 4.79 Å². The second-order valence-electron chi connectivity index (χ2n) is 3.11. The Labute approximate surface area is 70.7 Å². The molecular formula is C9H10N2O. The minimum Gasteiger partial charge on any atom is -0.352 e. The fourth-order valence-corrected chi connectivity index (χ4v) is 1.88. The number of isocyanates is 1. The van der Waals surface area contributed by atoms with Gasteiger partial charge in [0.2, 0.25) is 6.08 Å². The summed E-state index contributed by atoms with van der Waals surface area (Å²) in [6.07, 6.45) is 6.83. The SMILES string of the molecule is Cn1cc(N=C=O)c2c1CCC2. The van der Waals surface area contributed by atoms with Gasteiger partial charge in [0.25, 0.3) is 0 Å². The molecule has 12 heavy (non-hydrogen) atoms. The average molecular weight is 162 g/mol. The summed E-state index contributed by atoms with van der Waals surface area (Å²) in [5, 5.41) is 0. The molecule has 0 saturated heterocycles. The Bertz CT molecular complexity index is 359. The zero-order valence-electron chi connectivity index (χ0n) is 7.00. The third-order valence-corrected chi connectivity index (χ3v) is 2.41. The highest BCUT2D eigenvalue weighted by Crippen LogP contribution is 2.31. The van der Waals surface area contributed by atoms with Gasteiger partial charge in [0.1, 0.15) is 0 Å². The normalized spacial score (nSPS) is 14.1. The minimum absolute atomic E-state index is 0.806. The van der Waals surface area contributed by atoms with E-state index in [1.54, 1.807) is 6.08 Å². The zero-order valence-corrected chi connectivity index (χ0v) is 7.00. The highest BCUT2D eigenvalue weighted by Gasteiger charge is 2.18. The van der Waals surface area contributed by atoms with E-state index in [1.165, 1.54) is 17.7 Å². The van der Waals surface area contributed by atoms with Crippen LogP contribution in [0.1, 0.15) is 17.7 Å². The molecule has 0 atom stereocenters. The largest absolute Gasteiger partial charge is 0.352 e. The Balaban J connectivity index is 2.57. The molecule has 0 unspecified atom stereocenters. The van der Waals surface area contributed by atoms with Gasteiger partial charge in [0, 0.05) is 18.9 Å². The van der Waals surface area contributed by atoms with Gasteiger partial charge < -0.3 is 4.57 Å². The quantitative estimate of drug-likeness (QED) is 0.455. The molecule has 1 aliphatic carbocycles. The van der Waals surface area contributed by atoms with E-state index in [-0.39, 0.29) is 0 Å². The first-order valence-electron chi connectivity index (χ1n) is 4.08. The average Bonchev–Trinajstić information content (AvgIpc) is 2.58. The number of aryl methyl sites for hydroxylation is 1. The van der Waals surface area contributed by atoms with E-state index in [2.05, 4.69) is 9.56 Å². The Morgan fingerprint density at radius 3 is 3.17 bits per heavy atom. The van der Waals surface area contributed by atoms with Crippen LogP contribution in [0.4, 0.5) is 5.69 Å². The minimum atomic E-state index is 0.806. The summed E-state index contributed by atoms with van der Waals surface area (Å²) in [5.74, 6) is 0. The number of hydrogen-bond donors (Lipinski definition) is 0. The van der Waals surface area contributed by atoms with E-state index in [0.717, 1.165) is 18.5 Å². The lowest BCUT2D eigenvalue weighted by Crippen LogP contribution is -1.90. The van der Waals surface area contributed by atoms with Gasteiger partial charge in [-0.15, -0.1) is 0 Å². The summed E-state index contributed by atoms with van der Waals surface area (Å²) in [5.41, 5.74) is 3.37. The summed E-state index contributed by atoms with van der Waals surface area (Å²) >= 11 is 0. The van der Waals surface area contributed by atoms with Crippen LogP contribution >= 0.6 is 0 Å². The van der Waals surface area contributed by atoms with Crippen LogP contribution in [-0.4, -0.2) is 10.6 Å². The Morgan fingerprint density at radius 1 is 1.58 bits per heavy atom. The Kier molecular flexibility index (Phi) is 1.59. The molecule has 1 aliphatic rings. The first-order chi connectivity index (χ1) is 5.83. The number of aromatic nitrogens is 1. The summed E-state index contributed by atoms with van der Waals surface area (Å²) in [4.78, 5) is 13.8. The molecule has 1 aromatic heterocycles. The molecule has 0 aromatic carbocycles. The third-order valence-electron chi connectivity index (χ3n) is 2.41. The molecule has 1 aromatic rings. The molecule has 1 heterocycles. The van der Waals surface area contributed by atoms with Crippen LogP contribution in [0.25, 0.3) is 0 Å². The summed E-state index contributed by atoms with van der Waals surface area (Å²) in [7, 11) is 1.99. The molecule has 0 spiro atoms. The number of fused-ring (bicyclic) bond motifs is 1. The number of hydrogen-bond acceptors (Lipinski definition) is 2. The predicted octanol–water partition coefficient (Wildman–Crippen LogP) is 1.48. The molecule has 62 valence electrons. The van der Waals surface area contributed by atoms with Crippen molar-refractivity contribution in [3.05, 3.63) is 17.5 Å². The summed E-state index contributed by atoms with van der Waals surface area (Å²) < 4.78 is 2.05. The molecule has 0 fully saturated rings. The smallest absolute Gasteiger partial charge is 0.240 e. The van der Waals surface area contributed by atoms with Crippen LogP contribution < -0.4 is 0 Å². The van der Waals surface area contributed by atoms with Crippen molar-refractivity contribution in [3.8, 4) is 0 Å². The van der Waals surface area contributed by atoms with E-state index >= 15 is 0 Å². The Hall–Kier alpha value is -1.34. The lowest BCUT2D eigenvalue weighted by atomic mass is 10.2. The van der Waals surface area contributed by atoms with Crippen molar-refractivity contribution in [2.45, 2.75) is 19.3 Å². The van der Waals surface area contributed by atoms with Crippen molar-refractivity contribution in [1.29, 1.82) is 0 Å². The predicted molar refractivity (Wildman–Crippen MR) is 45.2 cm³/mol. The van der Waals surface area contributed by atoms with E-state index in [0.29, 0.717) is 0 Å². The van der Waals surface area contributed by atoms with Crippen molar-refractivity contribution in [2.24, 2.45) is 12.0 Å².